The fourth-order valence-electron chi connectivity index (χ4n) is 2.18. The summed E-state index contributed by atoms with van der Waals surface area (Å²) >= 11 is 0. The zero-order chi connectivity index (χ0) is 17.5. The molecule has 0 spiro atoms. The van der Waals surface area contributed by atoms with E-state index in [4.69, 9.17) is 14.2 Å². The summed E-state index contributed by atoms with van der Waals surface area (Å²) < 4.78 is 15.8. The number of rotatable bonds is 6. The summed E-state index contributed by atoms with van der Waals surface area (Å²) in [5.41, 5.74) is 2.29. The highest BCUT2D eigenvalue weighted by molar-refractivity contribution is 6.02. The lowest BCUT2D eigenvalue weighted by atomic mass is 10.1. The zero-order valence-electron chi connectivity index (χ0n) is 14.1. The maximum Gasteiger partial charge on any atom is 0.248 e. The molecule has 2 rings (SSSR count). The molecule has 0 bridgehead atoms. The van der Waals surface area contributed by atoms with Crippen LogP contribution in [-0.4, -0.2) is 32.2 Å². The van der Waals surface area contributed by atoms with Gasteiger partial charge in [0, 0.05) is 23.7 Å². The van der Waals surface area contributed by atoms with Gasteiger partial charge in [-0.3, -0.25) is 9.78 Å². The van der Waals surface area contributed by atoms with Gasteiger partial charge in [0.25, 0.3) is 0 Å². The number of benzene rings is 1. The monoisotopic (exact) mass is 328 g/mol. The van der Waals surface area contributed by atoms with Gasteiger partial charge in [-0.05, 0) is 42.8 Å². The van der Waals surface area contributed by atoms with Crippen molar-refractivity contribution in [3.63, 3.8) is 0 Å². The minimum atomic E-state index is -0.241. The Labute approximate surface area is 141 Å². The quantitative estimate of drug-likeness (QED) is 0.825. The normalized spacial score (nSPS) is 10.5. The number of nitrogens with zero attached hydrogens (tertiary/aromatic N) is 1. The molecule has 1 heterocycles. The van der Waals surface area contributed by atoms with Crippen LogP contribution in [0.15, 0.2) is 36.5 Å². The molecule has 2 aromatic rings. The number of aromatic nitrogens is 1. The van der Waals surface area contributed by atoms with Crippen LogP contribution in [0.3, 0.4) is 0 Å². The van der Waals surface area contributed by atoms with Gasteiger partial charge >= 0.3 is 0 Å². The highest BCUT2D eigenvalue weighted by atomic mass is 16.5. The summed E-state index contributed by atoms with van der Waals surface area (Å²) in [6, 6.07) is 7.06. The van der Waals surface area contributed by atoms with Gasteiger partial charge in [-0.2, -0.15) is 0 Å². The van der Waals surface area contributed by atoms with Crippen LogP contribution in [0, 0.1) is 6.92 Å². The number of aryl methyl sites for hydroxylation is 1. The van der Waals surface area contributed by atoms with E-state index >= 15 is 0 Å². The van der Waals surface area contributed by atoms with Crippen LogP contribution < -0.4 is 19.5 Å². The van der Waals surface area contributed by atoms with Gasteiger partial charge in [-0.25, -0.2) is 0 Å². The van der Waals surface area contributed by atoms with Crippen LogP contribution in [0.5, 0.6) is 17.2 Å². The molecule has 1 aromatic carbocycles. The van der Waals surface area contributed by atoms with Crippen molar-refractivity contribution in [3.05, 3.63) is 47.8 Å². The molecule has 0 saturated carbocycles. The van der Waals surface area contributed by atoms with Crippen molar-refractivity contribution in [1.82, 2.24) is 4.98 Å². The number of ether oxygens (including phenoxy) is 3. The summed E-state index contributed by atoms with van der Waals surface area (Å²) in [6.07, 6.45) is 4.76. The molecule has 6 nitrogen and oxygen atoms in total. The Morgan fingerprint density at radius 2 is 1.75 bits per heavy atom. The summed E-state index contributed by atoms with van der Waals surface area (Å²) in [4.78, 5) is 16.1. The van der Waals surface area contributed by atoms with E-state index in [1.807, 2.05) is 6.92 Å². The van der Waals surface area contributed by atoms with E-state index in [-0.39, 0.29) is 5.91 Å². The van der Waals surface area contributed by atoms with E-state index in [0.717, 1.165) is 11.3 Å². The predicted octanol–water partition coefficient (Wildman–Crippen LogP) is 3.07. The molecule has 1 aromatic heterocycles. The fourth-order valence-corrected chi connectivity index (χ4v) is 2.18. The first-order valence-electron chi connectivity index (χ1n) is 7.29. The van der Waals surface area contributed by atoms with Crippen molar-refractivity contribution in [2.24, 2.45) is 0 Å². The van der Waals surface area contributed by atoms with Crippen LogP contribution in [0.2, 0.25) is 0 Å². The van der Waals surface area contributed by atoms with Gasteiger partial charge in [-0.1, -0.05) is 0 Å². The molecular weight excluding hydrogens is 308 g/mol. The molecule has 0 unspecified atom stereocenters. The van der Waals surface area contributed by atoms with Gasteiger partial charge < -0.3 is 19.5 Å². The number of hydrogen-bond acceptors (Lipinski definition) is 5. The Balaban J connectivity index is 2.17. The Bertz CT molecular complexity index is 731. The summed E-state index contributed by atoms with van der Waals surface area (Å²) in [5, 5.41) is 2.78. The highest BCUT2D eigenvalue weighted by Crippen LogP contribution is 2.38. The number of amides is 1. The second-order valence-corrected chi connectivity index (χ2v) is 4.97. The molecule has 1 amide bonds. The van der Waals surface area contributed by atoms with Crippen LogP contribution >= 0.6 is 0 Å². The molecule has 6 heteroatoms. The number of anilines is 1. The maximum atomic E-state index is 12.0. The predicted molar refractivity (Wildman–Crippen MR) is 92.7 cm³/mol. The first kappa shape index (κ1) is 17.3. The molecule has 1 N–H and O–H groups in total. The highest BCUT2D eigenvalue weighted by Gasteiger charge is 2.12. The minimum absolute atomic E-state index is 0.241. The number of nitrogens with one attached hydrogen (secondary N) is 1. The van der Waals surface area contributed by atoms with Gasteiger partial charge in [0.2, 0.25) is 11.7 Å². The zero-order valence-corrected chi connectivity index (χ0v) is 14.1. The van der Waals surface area contributed by atoms with Crippen LogP contribution in [0.4, 0.5) is 5.69 Å². The molecular formula is C18H20N2O4. The summed E-state index contributed by atoms with van der Waals surface area (Å²) in [6.45, 7) is 1.86. The van der Waals surface area contributed by atoms with Crippen molar-refractivity contribution >= 4 is 17.7 Å². The van der Waals surface area contributed by atoms with Crippen molar-refractivity contribution in [3.8, 4) is 17.2 Å². The van der Waals surface area contributed by atoms with Crippen LogP contribution in [0.1, 0.15) is 11.3 Å². The van der Waals surface area contributed by atoms with Crippen LogP contribution in [-0.2, 0) is 4.79 Å². The maximum absolute atomic E-state index is 12.0. The van der Waals surface area contributed by atoms with Gasteiger partial charge in [-0.15, -0.1) is 0 Å². The Kier molecular flexibility index (Phi) is 5.78. The average molecular weight is 328 g/mol. The average Bonchev–Trinajstić information content (AvgIpc) is 2.58. The Morgan fingerprint density at radius 3 is 2.29 bits per heavy atom. The second kappa shape index (κ2) is 8.01. The third-order valence-corrected chi connectivity index (χ3v) is 3.28. The van der Waals surface area contributed by atoms with Gasteiger partial charge in [0.15, 0.2) is 11.5 Å². The Morgan fingerprint density at radius 1 is 1.08 bits per heavy atom. The first-order valence-corrected chi connectivity index (χ1v) is 7.29. The SMILES string of the molecule is COc1cc(C=CC(=O)Nc2ccnc(C)c2)cc(OC)c1OC. The number of hydrogen-bond donors (Lipinski definition) is 1. The first-order chi connectivity index (χ1) is 11.6. The molecule has 126 valence electrons. The number of carbonyl (C=O) groups is 1. The summed E-state index contributed by atoms with van der Waals surface area (Å²) in [5.74, 6) is 1.33. The van der Waals surface area contributed by atoms with Crippen LogP contribution in [0.25, 0.3) is 6.08 Å². The fraction of sp³-hybridized carbons (Fsp3) is 0.222. The molecule has 0 atom stereocenters. The molecule has 0 saturated heterocycles. The smallest absolute Gasteiger partial charge is 0.248 e. The number of carbonyl (C=O) groups excluding carboxylic acids is 1. The van der Waals surface area contributed by atoms with E-state index in [9.17, 15) is 4.79 Å². The van der Waals surface area contributed by atoms with Crippen molar-refractivity contribution in [1.29, 1.82) is 0 Å². The molecule has 0 aliphatic heterocycles. The lowest BCUT2D eigenvalue weighted by Crippen LogP contribution is -2.08. The van der Waals surface area contributed by atoms with E-state index in [1.54, 1.807) is 57.9 Å². The third kappa shape index (κ3) is 4.25. The Hall–Kier alpha value is -3.02. The molecule has 0 radical (unpaired) electrons. The molecule has 24 heavy (non-hydrogen) atoms. The number of pyridine rings is 1. The molecule has 0 aliphatic rings. The number of methoxy groups -OCH3 is 3. The van der Waals surface area contributed by atoms with Crippen molar-refractivity contribution < 1.29 is 19.0 Å². The largest absolute Gasteiger partial charge is 0.493 e. The lowest BCUT2D eigenvalue weighted by Gasteiger charge is -2.12. The van der Waals surface area contributed by atoms with E-state index < -0.39 is 0 Å². The van der Waals surface area contributed by atoms with Gasteiger partial charge in [0.05, 0.1) is 21.3 Å². The third-order valence-electron chi connectivity index (χ3n) is 3.28. The topological polar surface area (TPSA) is 69.7 Å². The molecule has 0 aliphatic carbocycles. The van der Waals surface area contributed by atoms with E-state index in [0.29, 0.717) is 22.9 Å². The summed E-state index contributed by atoms with van der Waals surface area (Å²) in [7, 11) is 4.63. The molecule has 0 fully saturated rings. The van der Waals surface area contributed by atoms with Crippen molar-refractivity contribution in [2.75, 3.05) is 26.6 Å². The van der Waals surface area contributed by atoms with Gasteiger partial charge in [0.1, 0.15) is 0 Å². The second-order valence-electron chi connectivity index (χ2n) is 4.97. The lowest BCUT2D eigenvalue weighted by molar-refractivity contribution is -0.111. The standard InChI is InChI=1S/C18H20N2O4/c1-12-9-14(7-8-19-12)20-17(21)6-5-13-10-15(22-2)18(24-4)16(11-13)23-3/h5-11H,1-4H3,(H,19,20,21). The van der Waals surface area contributed by atoms with E-state index in [1.165, 1.54) is 6.08 Å². The van der Waals surface area contributed by atoms with Crippen molar-refractivity contribution in [2.45, 2.75) is 6.92 Å². The minimum Gasteiger partial charge on any atom is -0.493 e. The van der Waals surface area contributed by atoms with E-state index in [2.05, 4.69) is 10.3 Å².